The normalized spacial score (nSPS) is 19.1. The third kappa shape index (κ3) is 3.55. The minimum atomic E-state index is 1.12. The molecular formula is C12H19BrN2S. The van der Waals surface area contributed by atoms with Gasteiger partial charge in [0.25, 0.3) is 0 Å². The Labute approximate surface area is 110 Å². The fraction of sp³-hybridized carbons (Fsp3) is 0.667. The van der Waals surface area contributed by atoms with Gasteiger partial charge in [-0.05, 0) is 41.0 Å². The van der Waals surface area contributed by atoms with Gasteiger partial charge in [-0.25, -0.2) is 0 Å². The van der Waals surface area contributed by atoms with E-state index in [1.807, 2.05) is 11.3 Å². The van der Waals surface area contributed by atoms with Crippen molar-refractivity contribution in [3.05, 3.63) is 20.8 Å². The van der Waals surface area contributed by atoms with E-state index in [0.29, 0.717) is 0 Å². The van der Waals surface area contributed by atoms with Gasteiger partial charge in [-0.2, -0.15) is 0 Å². The topological polar surface area (TPSA) is 6.48 Å². The first kappa shape index (κ1) is 12.6. The van der Waals surface area contributed by atoms with E-state index < -0.39 is 0 Å². The van der Waals surface area contributed by atoms with Crippen LogP contribution < -0.4 is 0 Å². The molecule has 0 spiro atoms. The zero-order valence-electron chi connectivity index (χ0n) is 9.79. The van der Waals surface area contributed by atoms with E-state index in [1.165, 1.54) is 47.8 Å². The molecule has 0 N–H and O–H groups in total. The maximum absolute atomic E-state index is 3.52. The first-order valence-electron chi connectivity index (χ1n) is 5.97. The lowest BCUT2D eigenvalue weighted by Crippen LogP contribution is -2.45. The third-order valence-corrected chi connectivity index (χ3v) is 4.62. The van der Waals surface area contributed by atoms with Crippen molar-refractivity contribution in [3.8, 4) is 0 Å². The van der Waals surface area contributed by atoms with Crippen LogP contribution in [0.1, 0.15) is 18.2 Å². The Balaban J connectivity index is 1.77. The molecule has 0 aliphatic carbocycles. The summed E-state index contributed by atoms with van der Waals surface area (Å²) >= 11 is 5.37. The van der Waals surface area contributed by atoms with Gasteiger partial charge in [0.2, 0.25) is 0 Å². The number of nitrogens with zero attached hydrogens (tertiary/aromatic N) is 2. The second-order valence-electron chi connectivity index (χ2n) is 4.32. The summed E-state index contributed by atoms with van der Waals surface area (Å²) in [5.41, 5.74) is 0. The molecule has 4 heteroatoms. The molecule has 2 rings (SSSR count). The van der Waals surface area contributed by atoms with Gasteiger partial charge in [0.05, 0.1) is 3.79 Å². The second-order valence-corrected chi connectivity index (χ2v) is 6.87. The highest BCUT2D eigenvalue weighted by atomic mass is 79.9. The highest BCUT2D eigenvalue weighted by Gasteiger charge is 2.16. The average Bonchev–Trinajstić information content (AvgIpc) is 2.67. The number of piperazine rings is 1. The van der Waals surface area contributed by atoms with Gasteiger partial charge in [0, 0.05) is 37.6 Å². The average molecular weight is 303 g/mol. The monoisotopic (exact) mass is 302 g/mol. The van der Waals surface area contributed by atoms with Gasteiger partial charge in [-0.1, -0.05) is 6.92 Å². The molecule has 0 bridgehead atoms. The van der Waals surface area contributed by atoms with Crippen LogP contribution in [0.25, 0.3) is 0 Å². The van der Waals surface area contributed by atoms with E-state index in [2.05, 4.69) is 44.8 Å². The Hall–Kier alpha value is 0.1000. The quantitative estimate of drug-likeness (QED) is 0.843. The van der Waals surface area contributed by atoms with Crippen LogP contribution in [0.3, 0.4) is 0 Å². The minimum Gasteiger partial charge on any atom is -0.301 e. The standard InChI is InChI=1S/C12H19BrN2S/c1-2-5-14-6-8-15(9-7-14)10-11-3-4-12(13)16-11/h3-4H,2,5-10H2,1H3. The van der Waals surface area contributed by atoms with Crippen LogP contribution in [0.4, 0.5) is 0 Å². The van der Waals surface area contributed by atoms with Crippen LogP contribution in [-0.4, -0.2) is 42.5 Å². The summed E-state index contributed by atoms with van der Waals surface area (Å²) in [6, 6.07) is 4.38. The van der Waals surface area contributed by atoms with Crippen LogP contribution in [0.2, 0.25) is 0 Å². The molecule has 0 aromatic carbocycles. The van der Waals surface area contributed by atoms with Crippen LogP contribution >= 0.6 is 27.3 Å². The predicted octanol–water partition coefficient (Wildman–Crippen LogP) is 3.04. The van der Waals surface area contributed by atoms with Gasteiger partial charge >= 0.3 is 0 Å². The Morgan fingerprint density at radius 3 is 2.44 bits per heavy atom. The summed E-state index contributed by atoms with van der Waals surface area (Å²) in [6.07, 6.45) is 1.28. The summed E-state index contributed by atoms with van der Waals surface area (Å²) < 4.78 is 1.24. The third-order valence-electron chi connectivity index (χ3n) is 3.01. The molecular weight excluding hydrogens is 284 g/mol. The lowest BCUT2D eigenvalue weighted by Gasteiger charge is -2.34. The number of thiophene rings is 1. The summed E-state index contributed by atoms with van der Waals surface area (Å²) in [5, 5.41) is 0. The van der Waals surface area contributed by atoms with E-state index in [-0.39, 0.29) is 0 Å². The molecule has 1 fully saturated rings. The summed E-state index contributed by atoms with van der Waals surface area (Å²) in [5.74, 6) is 0. The van der Waals surface area contributed by atoms with E-state index in [9.17, 15) is 0 Å². The maximum atomic E-state index is 3.52. The largest absolute Gasteiger partial charge is 0.301 e. The Morgan fingerprint density at radius 2 is 1.88 bits per heavy atom. The fourth-order valence-corrected chi connectivity index (χ4v) is 3.67. The highest BCUT2D eigenvalue weighted by molar-refractivity contribution is 9.11. The van der Waals surface area contributed by atoms with Crippen molar-refractivity contribution >= 4 is 27.3 Å². The van der Waals surface area contributed by atoms with Crippen molar-refractivity contribution in [1.82, 2.24) is 9.80 Å². The highest BCUT2D eigenvalue weighted by Crippen LogP contribution is 2.23. The number of rotatable bonds is 4. The minimum absolute atomic E-state index is 1.12. The van der Waals surface area contributed by atoms with Crippen LogP contribution in [0.5, 0.6) is 0 Å². The number of halogens is 1. The van der Waals surface area contributed by atoms with Crippen molar-refractivity contribution in [3.63, 3.8) is 0 Å². The molecule has 2 heterocycles. The molecule has 2 nitrogen and oxygen atoms in total. The van der Waals surface area contributed by atoms with Gasteiger partial charge in [-0.15, -0.1) is 11.3 Å². The van der Waals surface area contributed by atoms with Crippen LogP contribution in [-0.2, 0) is 6.54 Å². The van der Waals surface area contributed by atoms with Crippen molar-refractivity contribution in [2.24, 2.45) is 0 Å². The lowest BCUT2D eigenvalue weighted by molar-refractivity contribution is 0.128. The van der Waals surface area contributed by atoms with E-state index in [4.69, 9.17) is 0 Å². The Kier molecular flexibility index (Phi) is 4.82. The van der Waals surface area contributed by atoms with Crippen molar-refractivity contribution in [1.29, 1.82) is 0 Å². The molecule has 0 unspecified atom stereocenters. The van der Waals surface area contributed by atoms with Gasteiger partial charge in [0.15, 0.2) is 0 Å². The molecule has 16 heavy (non-hydrogen) atoms. The smallest absolute Gasteiger partial charge is 0.0701 e. The van der Waals surface area contributed by atoms with Crippen LogP contribution in [0, 0.1) is 0 Å². The van der Waals surface area contributed by atoms with E-state index in [1.54, 1.807) is 0 Å². The van der Waals surface area contributed by atoms with Gasteiger partial charge < -0.3 is 4.90 Å². The molecule has 0 atom stereocenters. The SMILES string of the molecule is CCCN1CCN(Cc2ccc(Br)s2)CC1. The molecule has 0 amide bonds. The first-order chi connectivity index (χ1) is 7.78. The molecule has 0 saturated carbocycles. The molecule has 1 aliphatic heterocycles. The second kappa shape index (κ2) is 6.15. The molecule has 1 aromatic rings. The zero-order chi connectivity index (χ0) is 11.4. The Bertz CT molecular complexity index is 319. The predicted molar refractivity (Wildman–Crippen MR) is 74.0 cm³/mol. The van der Waals surface area contributed by atoms with E-state index >= 15 is 0 Å². The van der Waals surface area contributed by atoms with Crippen molar-refractivity contribution in [2.75, 3.05) is 32.7 Å². The maximum Gasteiger partial charge on any atom is 0.0701 e. The first-order valence-corrected chi connectivity index (χ1v) is 7.58. The summed E-state index contributed by atoms with van der Waals surface area (Å²) in [6.45, 7) is 9.55. The molecule has 1 aliphatic rings. The molecule has 1 aromatic heterocycles. The van der Waals surface area contributed by atoms with Crippen LogP contribution in [0.15, 0.2) is 15.9 Å². The molecule has 0 radical (unpaired) electrons. The van der Waals surface area contributed by atoms with Gasteiger partial charge in [0.1, 0.15) is 0 Å². The number of hydrogen-bond acceptors (Lipinski definition) is 3. The van der Waals surface area contributed by atoms with E-state index in [0.717, 1.165) is 6.54 Å². The van der Waals surface area contributed by atoms with Gasteiger partial charge in [-0.3, -0.25) is 4.90 Å². The lowest BCUT2D eigenvalue weighted by atomic mass is 10.3. The molecule has 1 saturated heterocycles. The summed E-state index contributed by atoms with van der Waals surface area (Å²) in [7, 11) is 0. The zero-order valence-corrected chi connectivity index (χ0v) is 12.2. The molecule has 90 valence electrons. The van der Waals surface area contributed by atoms with Crippen molar-refractivity contribution in [2.45, 2.75) is 19.9 Å². The van der Waals surface area contributed by atoms with Crippen molar-refractivity contribution < 1.29 is 0 Å². The Morgan fingerprint density at radius 1 is 1.19 bits per heavy atom. The number of hydrogen-bond donors (Lipinski definition) is 0. The summed E-state index contributed by atoms with van der Waals surface area (Å²) in [4.78, 5) is 6.60. The fourth-order valence-electron chi connectivity index (χ4n) is 2.14.